The Kier molecular flexibility index (Phi) is 3.11. The third-order valence-electron chi connectivity index (χ3n) is 3.01. The van der Waals surface area contributed by atoms with Crippen LogP contribution < -0.4 is 4.74 Å². The lowest BCUT2D eigenvalue weighted by molar-refractivity contribution is 0.0728. The first-order valence-electron chi connectivity index (χ1n) is 5.41. The second-order valence-corrected chi connectivity index (χ2v) is 5.81. The molecule has 17 heavy (non-hydrogen) atoms. The number of fused-ring (bicyclic) bond motifs is 1. The molecule has 0 spiro atoms. The Morgan fingerprint density at radius 1 is 1.41 bits per heavy atom. The first-order valence-corrected chi connectivity index (χ1v) is 6.85. The molecule has 0 fully saturated rings. The number of benzene rings is 1. The Bertz CT molecular complexity index is 528. The van der Waals surface area contributed by atoms with Gasteiger partial charge in [-0.3, -0.25) is 0 Å². The molecule has 1 aromatic rings. The highest BCUT2D eigenvalue weighted by Gasteiger charge is 2.33. The van der Waals surface area contributed by atoms with Crippen LogP contribution in [0, 0.1) is 0 Å². The molecule has 1 aliphatic heterocycles. The average Bonchev–Trinajstić information content (AvgIpc) is 2.33. The molecule has 0 aliphatic carbocycles. The van der Waals surface area contributed by atoms with E-state index in [1.54, 1.807) is 37.4 Å². The second-order valence-electron chi connectivity index (χ2n) is 3.89. The van der Waals surface area contributed by atoms with Gasteiger partial charge in [0.15, 0.2) is 0 Å². The van der Waals surface area contributed by atoms with E-state index in [0.717, 1.165) is 5.56 Å². The van der Waals surface area contributed by atoms with Gasteiger partial charge >= 0.3 is 0 Å². The number of ether oxygens (including phenoxy) is 1. The van der Waals surface area contributed by atoms with E-state index in [4.69, 9.17) is 4.74 Å². The molecule has 0 unspecified atom stereocenters. The number of rotatable bonds is 2. The Morgan fingerprint density at radius 3 is 2.71 bits per heavy atom. The molecule has 5 nitrogen and oxygen atoms in total. The molecule has 0 N–H and O–H groups in total. The summed E-state index contributed by atoms with van der Waals surface area (Å²) in [6.45, 7) is 3.16. The minimum Gasteiger partial charge on any atom is -0.497 e. The summed E-state index contributed by atoms with van der Waals surface area (Å²) in [5.74, 6) is 0.680. The molecule has 94 valence electrons. The van der Waals surface area contributed by atoms with Gasteiger partial charge in [-0.15, -0.1) is 4.41 Å². The van der Waals surface area contributed by atoms with E-state index in [-0.39, 0.29) is 0 Å². The number of hydrogen-bond acceptors (Lipinski definition) is 4. The van der Waals surface area contributed by atoms with Gasteiger partial charge in [-0.05, 0) is 23.8 Å². The third kappa shape index (κ3) is 1.92. The fourth-order valence-corrected chi connectivity index (χ4v) is 3.42. The Labute approximate surface area is 102 Å². The van der Waals surface area contributed by atoms with E-state index in [9.17, 15) is 8.42 Å². The molecule has 6 heteroatoms. The Morgan fingerprint density at radius 2 is 2.12 bits per heavy atom. The zero-order chi connectivity index (χ0) is 12.6. The molecule has 0 saturated heterocycles. The smallest absolute Gasteiger partial charge is 0.256 e. The highest BCUT2D eigenvalue weighted by Crippen LogP contribution is 2.30. The topological polar surface area (TPSA) is 49.9 Å². The van der Waals surface area contributed by atoms with E-state index in [1.165, 1.54) is 4.41 Å². The minimum atomic E-state index is -3.40. The SMILES string of the molecule is CCN1Cc2cc(OC)ccc2S(=O)(=O)N1C. The van der Waals surface area contributed by atoms with Crippen molar-refractivity contribution in [3.8, 4) is 5.75 Å². The van der Waals surface area contributed by atoms with Crippen LogP contribution in [0.2, 0.25) is 0 Å². The zero-order valence-corrected chi connectivity index (χ0v) is 11.0. The van der Waals surface area contributed by atoms with Crippen LogP contribution in [0.15, 0.2) is 23.1 Å². The van der Waals surface area contributed by atoms with Gasteiger partial charge in [0.25, 0.3) is 10.0 Å². The van der Waals surface area contributed by atoms with E-state index >= 15 is 0 Å². The summed E-state index contributed by atoms with van der Waals surface area (Å²) < 4.78 is 30.9. The largest absolute Gasteiger partial charge is 0.497 e. The van der Waals surface area contributed by atoms with E-state index < -0.39 is 10.0 Å². The highest BCUT2D eigenvalue weighted by atomic mass is 32.2. The lowest BCUT2D eigenvalue weighted by Gasteiger charge is -2.35. The molecule has 2 rings (SSSR count). The van der Waals surface area contributed by atoms with Crippen LogP contribution in [-0.4, -0.2) is 38.5 Å². The van der Waals surface area contributed by atoms with Gasteiger partial charge in [-0.1, -0.05) is 6.92 Å². The van der Waals surface area contributed by atoms with Gasteiger partial charge in [0.1, 0.15) is 5.75 Å². The van der Waals surface area contributed by atoms with Crippen LogP contribution >= 0.6 is 0 Å². The van der Waals surface area contributed by atoms with Crippen LogP contribution in [0.3, 0.4) is 0 Å². The van der Waals surface area contributed by atoms with Crippen molar-refractivity contribution in [2.75, 3.05) is 20.7 Å². The predicted octanol–water partition coefficient (Wildman–Crippen LogP) is 1.07. The molecule has 0 amide bonds. The molecule has 0 bridgehead atoms. The van der Waals surface area contributed by atoms with E-state index in [2.05, 4.69) is 0 Å². The monoisotopic (exact) mass is 256 g/mol. The number of hydrogen-bond donors (Lipinski definition) is 0. The summed E-state index contributed by atoms with van der Waals surface area (Å²) in [6, 6.07) is 5.06. The van der Waals surface area contributed by atoms with Gasteiger partial charge in [0.05, 0.1) is 12.0 Å². The van der Waals surface area contributed by atoms with Crippen LogP contribution in [0.1, 0.15) is 12.5 Å². The van der Waals surface area contributed by atoms with Crippen molar-refractivity contribution in [1.82, 2.24) is 9.42 Å². The van der Waals surface area contributed by atoms with Gasteiger partial charge in [0.2, 0.25) is 0 Å². The van der Waals surface area contributed by atoms with Crippen molar-refractivity contribution in [3.05, 3.63) is 23.8 Å². The summed E-state index contributed by atoms with van der Waals surface area (Å²) in [6.07, 6.45) is 0. The van der Waals surface area contributed by atoms with Gasteiger partial charge in [-0.2, -0.15) is 0 Å². The zero-order valence-electron chi connectivity index (χ0n) is 10.2. The molecule has 1 heterocycles. The molecular formula is C11H16N2O3S. The lowest BCUT2D eigenvalue weighted by atomic mass is 10.2. The summed E-state index contributed by atoms with van der Waals surface area (Å²) in [5, 5.41) is 1.77. The predicted molar refractivity (Wildman–Crippen MR) is 64.0 cm³/mol. The highest BCUT2D eigenvalue weighted by molar-refractivity contribution is 7.89. The second kappa shape index (κ2) is 4.29. The normalized spacial score (nSPS) is 19.9. The lowest BCUT2D eigenvalue weighted by Crippen LogP contribution is -2.46. The van der Waals surface area contributed by atoms with Gasteiger partial charge < -0.3 is 4.74 Å². The maximum atomic E-state index is 12.2. The summed E-state index contributed by atoms with van der Waals surface area (Å²) in [7, 11) is -0.256. The maximum absolute atomic E-state index is 12.2. The molecule has 1 aromatic carbocycles. The van der Waals surface area contributed by atoms with Crippen LogP contribution in [0.25, 0.3) is 0 Å². The number of hydrazine groups is 1. The molecule has 1 aliphatic rings. The number of nitrogens with zero attached hydrogens (tertiary/aromatic N) is 2. The molecule has 0 saturated carbocycles. The molecule has 0 atom stereocenters. The summed E-state index contributed by atoms with van der Waals surface area (Å²) >= 11 is 0. The van der Waals surface area contributed by atoms with Crippen molar-refractivity contribution in [3.63, 3.8) is 0 Å². The van der Waals surface area contributed by atoms with Crippen molar-refractivity contribution >= 4 is 10.0 Å². The Balaban J connectivity index is 2.57. The molecular weight excluding hydrogens is 240 g/mol. The fourth-order valence-electron chi connectivity index (χ4n) is 1.96. The van der Waals surface area contributed by atoms with Gasteiger partial charge in [-0.25, -0.2) is 13.4 Å². The van der Waals surface area contributed by atoms with Crippen molar-refractivity contribution in [2.45, 2.75) is 18.4 Å². The Hall–Kier alpha value is -1.11. The first kappa shape index (κ1) is 12.3. The van der Waals surface area contributed by atoms with Crippen molar-refractivity contribution in [1.29, 1.82) is 0 Å². The minimum absolute atomic E-state index is 0.366. The first-order chi connectivity index (χ1) is 8.00. The quantitative estimate of drug-likeness (QED) is 0.794. The van der Waals surface area contributed by atoms with Crippen LogP contribution in [-0.2, 0) is 16.6 Å². The summed E-state index contributed by atoms with van der Waals surface area (Å²) in [4.78, 5) is 0.366. The maximum Gasteiger partial charge on any atom is 0.256 e. The van der Waals surface area contributed by atoms with Crippen LogP contribution in [0.4, 0.5) is 0 Å². The summed E-state index contributed by atoms with van der Waals surface area (Å²) in [5.41, 5.74) is 0.782. The third-order valence-corrected chi connectivity index (χ3v) is 4.89. The molecule has 0 radical (unpaired) electrons. The van der Waals surface area contributed by atoms with E-state index in [0.29, 0.717) is 23.7 Å². The van der Waals surface area contributed by atoms with E-state index in [1.807, 2.05) is 6.92 Å². The van der Waals surface area contributed by atoms with Crippen LogP contribution in [0.5, 0.6) is 5.75 Å². The van der Waals surface area contributed by atoms with Gasteiger partial charge in [0, 0.05) is 20.1 Å². The number of sulfonamides is 1. The fraction of sp³-hybridized carbons (Fsp3) is 0.455. The average molecular weight is 256 g/mol. The van der Waals surface area contributed by atoms with Crippen molar-refractivity contribution < 1.29 is 13.2 Å². The van der Waals surface area contributed by atoms with Crippen molar-refractivity contribution in [2.24, 2.45) is 0 Å². The molecule has 0 aromatic heterocycles. The standard InChI is InChI=1S/C11H16N2O3S/c1-4-13-8-9-7-10(16-3)5-6-11(9)17(14,15)12(13)2/h5-7H,4,8H2,1-3H3. The number of methoxy groups -OCH3 is 1.